The highest BCUT2D eigenvalue weighted by atomic mass is 31.2. The van der Waals surface area contributed by atoms with E-state index in [2.05, 4.69) is 80.7 Å². The topological polar surface area (TPSA) is 124 Å². The lowest BCUT2D eigenvalue weighted by molar-refractivity contribution is -0.870. The van der Waals surface area contributed by atoms with Gasteiger partial charge in [-0.25, -0.2) is 0 Å². The minimum atomic E-state index is -4.65. The Morgan fingerprint density at radius 3 is 1.66 bits per heavy atom. The van der Waals surface area contributed by atoms with E-state index in [-0.39, 0.29) is 26.1 Å². The van der Waals surface area contributed by atoms with Crippen LogP contribution in [-0.2, 0) is 37.4 Å². The molecule has 0 radical (unpaired) electrons. The van der Waals surface area contributed by atoms with Crippen LogP contribution < -0.4 is 4.89 Å². The summed E-state index contributed by atoms with van der Waals surface area (Å²) in [5.74, 6) is -0.938. The molecule has 0 amide bonds. The maximum Gasteiger partial charge on any atom is 0.306 e. The van der Waals surface area contributed by atoms with Gasteiger partial charge >= 0.3 is 11.9 Å². The maximum absolute atomic E-state index is 12.7. The molecule has 1 fully saturated rings. The fourth-order valence-corrected chi connectivity index (χ4v) is 6.60. The highest BCUT2D eigenvalue weighted by Gasteiger charge is 2.36. The third kappa shape index (κ3) is 36.9. The maximum atomic E-state index is 12.7. The number of rotatable bonds is 39. The molecule has 1 rings (SSSR count). The predicted octanol–water partition coefficient (Wildman–Crippen LogP) is 11.4. The van der Waals surface area contributed by atoms with Crippen molar-refractivity contribution < 1.29 is 46.8 Å². The average molecular weight is 848 g/mol. The Morgan fingerprint density at radius 2 is 1.08 bits per heavy atom. The number of unbranched alkanes of at least 4 members (excludes halogenated alkanes) is 11. The smallest absolute Gasteiger partial charge is 0.306 e. The van der Waals surface area contributed by atoms with Crippen LogP contribution in [0, 0.1) is 0 Å². The first-order chi connectivity index (χ1) is 28.5. The minimum absolute atomic E-state index is 0.0500. The van der Waals surface area contributed by atoms with E-state index in [4.69, 9.17) is 23.3 Å². The summed E-state index contributed by atoms with van der Waals surface area (Å²) >= 11 is 0. The Kier molecular flexibility index (Phi) is 33.3. The van der Waals surface area contributed by atoms with Crippen molar-refractivity contribution in [2.75, 3.05) is 47.5 Å². The van der Waals surface area contributed by atoms with Crippen LogP contribution in [0.2, 0.25) is 0 Å². The normalized spacial score (nSPS) is 17.7. The number of phosphoric ester groups is 1. The van der Waals surface area contributed by atoms with Crippen LogP contribution in [0.15, 0.2) is 72.9 Å². The quantitative estimate of drug-likeness (QED) is 0.0148. The Morgan fingerprint density at radius 1 is 0.610 bits per heavy atom. The SMILES string of the molecule is CCCCC/C=C\C/C=C\C/C=C\CCCCCCC(=O)O[C@H](COC(=O)CCC/C=C\C/C=C\CC1OC1C/C=C\CCCCC)COP(=O)([O-])OCC[N+](C)(C)C. The third-order valence-corrected chi connectivity index (χ3v) is 10.6. The Balaban J connectivity index is 2.34. The van der Waals surface area contributed by atoms with Gasteiger partial charge in [0.2, 0.25) is 0 Å². The van der Waals surface area contributed by atoms with E-state index >= 15 is 0 Å². The first kappa shape index (κ1) is 54.4. The van der Waals surface area contributed by atoms with Crippen molar-refractivity contribution in [1.82, 2.24) is 0 Å². The van der Waals surface area contributed by atoms with E-state index in [0.717, 1.165) is 70.6 Å². The number of hydrogen-bond acceptors (Lipinski definition) is 9. The molecule has 0 bridgehead atoms. The molecule has 4 atom stereocenters. The number of allylic oxidation sites excluding steroid dienone is 10. The molecular weight excluding hydrogens is 766 g/mol. The standard InChI is InChI=1S/C48H82NO9P/c1-6-8-10-12-14-15-16-17-18-19-20-21-22-23-26-31-35-39-48(51)57-44(43-56-59(52,53)55-41-40-49(3,4)5)42-54-47(50)38-34-30-27-24-25-29-33-37-46-45(58-46)36-32-28-13-11-9-7-2/h14-15,17-18,20-21,24,27-29,32-33,44-46H,6-13,16,19,22-23,25-26,30-31,34-43H2,1-5H3/b15-14-,18-17-,21-20-,27-24-,32-28-,33-29-/t44-,45?,46?/m1/s1. The number of hydrogen-bond donors (Lipinski definition) is 0. The molecular formula is C48H82NO9P. The molecule has 0 saturated carbocycles. The van der Waals surface area contributed by atoms with Gasteiger partial charge in [0.15, 0.2) is 6.10 Å². The molecule has 0 spiro atoms. The van der Waals surface area contributed by atoms with Crippen molar-refractivity contribution >= 4 is 19.8 Å². The second kappa shape index (κ2) is 36.1. The molecule has 0 N–H and O–H groups in total. The van der Waals surface area contributed by atoms with Gasteiger partial charge in [-0.3, -0.25) is 14.2 Å². The summed E-state index contributed by atoms with van der Waals surface area (Å²) in [6.07, 6.45) is 46.7. The number of phosphoric acid groups is 1. The van der Waals surface area contributed by atoms with Gasteiger partial charge in [-0.2, -0.15) is 0 Å². The Bertz CT molecular complexity index is 1300. The fourth-order valence-electron chi connectivity index (χ4n) is 5.87. The molecule has 11 heteroatoms. The monoisotopic (exact) mass is 848 g/mol. The van der Waals surface area contributed by atoms with Crippen LogP contribution >= 0.6 is 7.82 Å². The zero-order valence-corrected chi connectivity index (χ0v) is 38.5. The van der Waals surface area contributed by atoms with Gasteiger partial charge in [-0.15, -0.1) is 0 Å². The molecule has 59 heavy (non-hydrogen) atoms. The first-order valence-electron chi connectivity index (χ1n) is 22.8. The van der Waals surface area contributed by atoms with E-state index < -0.39 is 32.5 Å². The molecule has 1 aliphatic rings. The number of quaternary nitrogens is 1. The van der Waals surface area contributed by atoms with Crippen LogP contribution in [0.5, 0.6) is 0 Å². The van der Waals surface area contributed by atoms with Crippen molar-refractivity contribution in [1.29, 1.82) is 0 Å². The van der Waals surface area contributed by atoms with E-state index in [1.54, 1.807) is 0 Å². The van der Waals surface area contributed by atoms with Crippen LogP contribution in [0.4, 0.5) is 0 Å². The summed E-state index contributed by atoms with van der Waals surface area (Å²) in [6.45, 7) is 4.05. The second-order valence-electron chi connectivity index (χ2n) is 16.4. The van der Waals surface area contributed by atoms with Crippen molar-refractivity contribution in [3.05, 3.63) is 72.9 Å². The molecule has 3 unspecified atom stereocenters. The van der Waals surface area contributed by atoms with Gasteiger partial charge in [-0.05, 0) is 89.9 Å². The van der Waals surface area contributed by atoms with Gasteiger partial charge in [-0.1, -0.05) is 125 Å². The molecule has 0 aromatic rings. The molecule has 0 aromatic carbocycles. The number of esters is 2. The van der Waals surface area contributed by atoms with Gasteiger partial charge in [0.25, 0.3) is 7.82 Å². The number of ether oxygens (including phenoxy) is 3. The number of carbonyl (C=O) groups excluding carboxylic acids is 2. The Labute approximate surface area is 359 Å². The van der Waals surface area contributed by atoms with Crippen molar-refractivity contribution in [2.45, 2.75) is 173 Å². The van der Waals surface area contributed by atoms with Crippen LogP contribution in [0.25, 0.3) is 0 Å². The average Bonchev–Trinajstić information content (AvgIpc) is 3.94. The number of nitrogens with zero attached hydrogens (tertiary/aromatic N) is 1. The number of likely N-dealkylation sites (N-methyl/N-ethyl adjacent to an activating group) is 1. The molecule has 1 saturated heterocycles. The van der Waals surface area contributed by atoms with Gasteiger partial charge in [0.05, 0.1) is 40.0 Å². The van der Waals surface area contributed by atoms with Crippen LogP contribution in [-0.4, -0.2) is 82.2 Å². The van der Waals surface area contributed by atoms with E-state index in [1.165, 1.54) is 44.9 Å². The molecule has 10 nitrogen and oxygen atoms in total. The van der Waals surface area contributed by atoms with Gasteiger partial charge in [0.1, 0.15) is 19.8 Å². The van der Waals surface area contributed by atoms with Crippen LogP contribution in [0.1, 0.15) is 155 Å². The zero-order valence-electron chi connectivity index (χ0n) is 37.6. The van der Waals surface area contributed by atoms with E-state index in [1.807, 2.05) is 27.2 Å². The Hall–Kier alpha value is -2.59. The lowest BCUT2D eigenvalue weighted by atomic mass is 10.1. The molecule has 0 aromatic heterocycles. The lowest BCUT2D eigenvalue weighted by Gasteiger charge is -2.28. The van der Waals surface area contributed by atoms with Crippen molar-refractivity contribution in [3.8, 4) is 0 Å². The summed E-state index contributed by atoms with van der Waals surface area (Å²) in [6, 6.07) is 0. The molecule has 0 aliphatic carbocycles. The molecule has 1 aliphatic heterocycles. The lowest BCUT2D eigenvalue weighted by Crippen LogP contribution is -2.37. The van der Waals surface area contributed by atoms with Gasteiger partial charge in [0, 0.05) is 12.8 Å². The first-order valence-corrected chi connectivity index (χ1v) is 24.2. The largest absolute Gasteiger partial charge is 0.756 e. The fraction of sp³-hybridized carbons (Fsp3) is 0.708. The van der Waals surface area contributed by atoms with E-state index in [0.29, 0.717) is 36.1 Å². The summed E-state index contributed by atoms with van der Waals surface area (Å²) in [7, 11) is 1.10. The highest BCUT2D eigenvalue weighted by molar-refractivity contribution is 7.45. The minimum Gasteiger partial charge on any atom is -0.756 e. The molecule has 1 heterocycles. The zero-order chi connectivity index (χ0) is 43.3. The van der Waals surface area contributed by atoms with Gasteiger partial charge < -0.3 is 32.6 Å². The van der Waals surface area contributed by atoms with Crippen LogP contribution in [0.3, 0.4) is 0 Å². The summed E-state index contributed by atoms with van der Waals surface area (Å²) in [5, 5.41) is 0. The molecule has 338 valence electrons. The number of carbonyl (C=O) groups is 2. The predicted molar refractivity (Wildman–Crippen MR) is 240 cm³/mol. The summed E-state index contributed by atoms with van der Waals surface area (Å²) < 4.78 is 39.6. The van der Waals surface area contributed by atoms with E-state index in [9.17, 15) is 19.0 Å². The summed E-state index contributed by atoms with van der Waals surface area (Å²) in [4.78, 5) is 37.6. The number of epoxide rings is 1. The second-order valence-corrected chi connectivity index (χ2v) is 17.9. The van der Waals surface area contributed by atoms with Crippen molar-refractivity contribution in [3.63, 3.8) is 0 Å². The highest BCUT2D eigenvalue weighted by Crippen LogP contribution is 2.38. The third-order valence-electron chi connectivity index (χ3n) is 9.60. The van der Waals surface area contributed by atoms with Crippen molar-refractivity contribution in [2.24, 2.45) is 0 Å². The summed E-state index contributed by atoms with van der Waals surface area (Å²) in [5.41, 5.74) is 0.